The van der Waals surface area contributed by atoms with Gasteiger partial charge < -0.3 is 5.11 Å². The summed E-state index contributed by atoms with van der Waals surface area (Å²) in [5.41, 5.74) is 1.69. The fourth-order valence-corrected chi connectivity index (χ4v) is 9.38. The maximum Gasteiger partial charge on any atom is 0.347 e. The number of benzene rings is 2. The normalized spacial score (nSPS) is 23.7. The molecule has 1 saturated carbocycles. The van der Waals surface area contributed by atoms with Crippen molar-refractivity contribution in [3.05, 3.63) is 96.8 Å². The lowest BCUT2D eigenvalue weighted by Crippen LogP contribution is -2.49. The smallest absolute Gasteiger partial charge is 0.347 e. The molecule has 1 aliphatic carbocycles. The van der Waals surface area contributed by atoms with Gasteiger partial charge in [-0.15, -0.1) is 11.3 Å². The minimum atomic E-state index is -1.22. The van der Waals surface area contributed by atoms with Gasteiger partial charge in [-0.25, -0.2) is 28.4 Å². The molecule has 2 fully saturated rings. The van der Waals surface area contributed by atoms with Crippen LogP contribution in [0.25, 0.3) is 20.7 Å². The first-order valence-corrected chi connectivity index (χ1v) is 16.5. The number of anilines is 1. The van der Waals surface area contributed by atoms with Crippen LogP contribution in [-0.2, 0) is 30.2 Å². The number of hydrogen-bond acceptors (Lipinski definition) is 7. The van der Waals surface area contributed by atoms with E-state index in [1.165, 1.54) is 21.3 Å². The summed E-state index contributed by atoms with van der Waals surface area (Å²) in [6, 6.07) is 12.1. The molecule has 0 radical (unpaired) electrons. The molecule has 1 N–H and O–H groups in total. The molecule has 3 aliphatic rings. The van der Waals surface area contributed by atoms with E-state index in [-0.39, 0.29) is 30.5 Å². The number of phenolic OH excluding ortho intramolecular Hbond substituents is 1. The number of fused-ring (bicyclic) bond motifs is 5. The Morgan fingerprint density at radius 2 is 1.79 bits per heavy atom. The van der Waals surface area contributed by atoms with E-state index in [1.807, 2.05) is 44.2 Å². The molecule has 2 amide bonds. The summed E-state index contributed by atoms with van der Waals surface area (Å²) in [7, 11) is 3.16. The van der Waals surface area contributed by atoms with Crippen molar-refractivity contribution in [3.63, 3.8) is 0 Å². The molecule has 3 aromatic heterocycles. The average Bonchev–Trinajstić information content (AvgIpc) is 3.70. The molecular formula is C34H31ClN6O5S. The molecular weight excluding hydrogens is 640 g/mol. The van der Waals surface area contributed by atoms with E-state index < -0.39 is 34.7 Å². The number of halogens is 1. The highest BCUT2D eigenvalue weighted by Crippen LogP contribution is 2.61. The molecule has 11 nitrogen and oxygen atoms in total. The van der Waals surface area contributed by atoms with Crippen molar-refractivity contribution in [2.75, 3.05) is 4.90 Å². The van der Waals surface area contributed by atoms with Crippen molar-refractivity contribution in [2.24, 2.45) is 25.4 Å². The van der Waals surface area contributed by atoms with Crippen LogP contribution in [0.3, 0.4) is 0 Å². The third-order valence-electron chi connectivity index (χ3n) is 10.5. The third-order valence-corrected chi connectivity index (χ3v) is 12.0. The summed E-state index contributed by atoms with van der Waals surface area (Å²) >= 11 is 7.85. The van der Waals surface area contributed by atoms with E-state index in [1.54, 1.807) is 48.2 Å². The van der Waals surface area contributed by atoms with E-state index >= 15 is 0 Å². The summed E-state index contributed by atoms with van der Waals surface area (Å²) in [5, 5.41) is 16.8. The number of carbonyl (C=O) groups excluding carboxylic acids is 2. The van der Waals surface area contributed by atoms with Crippen molar-refractivity contribution in [2.45, 2.75) is 45.7 Å². The number of thiophene rings is 1. The number of aromatic hydroxyl groups is 1. The predicted molar refractivity (Wildman–Crippen MR) is 179 cm³/mol. The molecule has 5 heterocycles. The first-order chi connectivity index (χ1) is 22.3. The number of hydrogen-bond donors (Lipinski definition) is 1. The van der Waals surface area contributed by atoms with Gasteiger partial charge in [-0.3, -0.25) is 14.3 Å². The quantitative estimate of drug-likeness (QED) is 0.217. The zero-order valence-corrected chi connectivity index (χ0v) is 27.9. The number of aryl methyl sites for hydroxylation is 3. The Hall–Kier alpha value is -4.68. The molecule has 13 heteroatoms. The first-order valence-electron chi connectivity index (χ1n) is 15.3. The van der Waals surface area contributed by atoms with E-state index in [4.69, 9.17) is 16.7 Å². The highest BCUT2D eigenvalue weighted by Gasteiger charge is 2.65. The second-order valence-corrected chi connectivity index (χ2v) is 14.5. The lowest BCUT2D eigenvalue weighted by Gasteiger charge is -2.47. The molecule has 0 unspecified atom stereocenters. The monoisotopic (exact) mass is 670 g/mol. The third kappa shape index (κ3) is 3.88. The highest BCUT2D eigenvalue weighted by molar-refractivity contribution is 7.22. The molecule has 5 aromatic rings. The van der Waals surface area contributed by atoms with Gasteiger partial charge in [0.1, 0.15) is 17.3 Å². The summed E-state index contributed by atoms with van der Waals surface area (Å²) in [6.07, 6.45) is 2.08. The van der Waals surface area contributed by atoms with Gasteiger partial charge in [0, 0.05) is 35.8 Å². The van der Waals surface area contributed by atoms with E-state index in [0.717, 1.165) is 36.2 Å². The number of nitrogens with zero attached hydrogens (tertiary/aromatic N) is 6. The number of carbonyl (C=O) groups is 2. The van der Waals surface area contributed by atoms with Crippen molar-refractivity contribution in [1.29, 1.82) is 0 Å². The lowest BCUT2D eigenvalue weighted by atomic mass is 9.56. The van der Waals surface area contributed by atoms with Crippen LogP contribution in [-0.4, -0.2) is 40.6 Å². The summed E-state index contributed by atoms with van der Waals surface area (Å²) in [4.78, 5) is 57.9. The van der Waals surface area contributed by atoms with Crippen LogP contribution in [0.5, 0.6) is 5.75 Å². The van der Waals surface area contributed by atoms with Gasteiger partial charge >= 0.3 is 11.4 Å². The molecule has 0 bridgehead atoms. The van der Waals surface area contributed by atoms with Crippen molar-refractivity contribution >= 4 is 50.7 Å². The van der Waals surface area contributed by atoms with Crippen LogP contribution in [0, 0.1) is 25.2 Å². The SMILES string of the molecule is Cc1cc([C@H]2C3=CCn4c(=O)n(C)c(=O)n4[C@@H]3C[C@H]3C(=O)N(c4cc(-c5sc6ccc(Cl)cc6c5C)nn4C)C(=O)[C@@]23C)ccc1O. The standard InChI is InChI=1S/C34H31ClN6O5S/c1-16-12-18(6-8-25(16)42)28-20-10-11-39-32(45)37(4)33(46)41(39)24(20)14-22-30(43)40(31(44)34(22,28)3)27-15-23(36-38(27)5)29-17(2)21-13-19(35)7-9-26(21)47-29/h6-10,12-13,15,22,24,28,42H,11,14H2,1-5H3/t22-,24+,28-,34+/m0/s1. The Kier molecular flexibility index (Phi) is 6.26. The Morgan fingerprint density at radius 3 is 2.53 bits per heavy atom. The Morgan fingerprint density at radius 1 is 1.02 bits per heavy atom. The molecule has 2 aromatic carbocycles. The van der Waals surface area contributed by atoms with Gasteiger partial charge in [0.15, 0.2) is 0 Å². The number of amides is 2. The fourth-order valence-electron chi connectivity index (χ4n) is 8.06. The topological polar surface area (TPSA) is 124 Å². The van der Waals surface area contributed by atoms with E-state index in [2.05, 4.69) is 0 Å². The molecule has 47 heavy (non-hydrogen) atoms. The van der Waals surface area contributed by atoms with Gasteiger partial charge in [0.25, 0.3) is 0 Å². The average molecular weight is 671 g/mol. The zero-order chi connectivity index (χ0) is 33.3. The highest BCUT2D eigenvalue weighted by atomic mass is 35.5. The summed E-state index contributed by atoms with van der Waals surface area (Å²) in [5.74, 6) is -1.69. The summed E-state index contributed by atoms with van der Waals surface area (Å²) in [6.45, 7) is 5.77. The second kappa shape index (κ2) is 9.91. The van der Waals surface area contributed by atoms with Crippen LogP contribution >= 0.6 is 22.9 Å². The Balaban J connectivity index is 1.28. The molecule has 240 valence electrons. The minimum Gasteiger partial charge on any atom is -0.508 e. The van der Waals surface area contributed by atoms with E-state index in [0.29, 0.717) is 22.1 Å². The van der Waals surface area contributed by atoms with Crippen LogP contribution in [0.2, 0.25) is 5.02 Å². The summed E-state index contributed by atoms with van der Waals surface area (Å²) < 4.78 is 6.52. The molecule has 4 atom stereocenters. The molecule has 0 spiro atoms. The minimum absolute atomic E-state index is 0.116. The number of rotatable bonds is 3. The van der Waals surface area contributed by atoms with Gasteiger partial charge in [0.2, 0.25) is 11.8 Å². The van der Waals surface area contributed by atoms with Gasteiger partial charge in [-0.05, 0) is 79.1 Å². The zero-order valence-electron chi connectivity index (χ0n) is 26.3. The van der Waals surface area contributed by atoms with Crippen LogP contribution < -0.4 is 16.3 Å². The predicted octanol–water partition coefficient (Wildman–Crippen LogP) is 4.80. The van der Waals surface area contributed by atoms with Gasteiger partial charge in [-0.1, -0.05) is 29.8 Å². The number of imide groups is 1. The van der Waals surface area contributed by atoms with Crippen molar-refractivity contribution in [3.8, 4) is 16.3 Å². The molecule has 2 aliphatic heterocycles. The van der Waals surface area contributed by atoms with Crippen molar-refractivity contribution < 1.29 is 14.7 Å². The maximum absolute atomic E-state index is 14.8. The second-order valence-electron chi connectivity index (χ2n) is 13.0. The van der Waals surface area contributed by atoms with E-state index in [9.17, 15) is 24.3 Å². The Labute approximate surface area is 277 Å². The van der Waals surface area contributed by atoms with Gasteiger partial charge in [0.05, 0.1) is 28.8 Å². The molecule has 1 saturated heterocycles. The number of phenols is 1. The lowest BCUT2D eigenvalue weighted by molar-refractivity contribution is -0.129. The van der Waals surface area contributed by atoms with Crippen LogP contribution in [0.15, 0.2) is 63.7 Å². The van der Waals surface area contributed by atoms with Crippen molar-refractivity contribution in [1.82, 2.24) is 23.7 Å². The van der Waals surface area contributed by atoms with Crippen LogP contribution in [0.4, 0.5) is 5.82 Å². The number of aromatic nitrogens is 5. The molecule has 8 rings (SSSR count). The first kappa shape index (κ1) is 29.7. The van der Waals surface area contributed by atoms with Crippen LogP contribution in [0.1, 0.15) is 42.0 Å². The fraction of sp³-hybridized carbons (Fsp3) is 0.324. The largest absolute Gasteiger partial charge is 0.508 e. The van der Waals surface area contributed by atoms with Gasteiger partial charge in [-0.2, -0.15) is 5.10 Å². The Bertz CT molecular complexity index is 2380. The maximum atomic E-state index is 14.8. The number of allylic oxidation sites excluding steroid dienone is 2.